The van der Waals surface area contributed by atoms with Gasteiger partial charge >= 0.3 is 0 Å². The Kier molecular flexibility index (Phi) is 3.48. The molecule has 0 aromatic rings. The maximum atomic E-state index is 10.3. The Morgan fingerprint density at radius 2 is 2.50 bits per heavy atom. The predicted molar refractivity (Wildman–Crippen MR) is 32.5 cm³/mol. The summed E-state index contributed by atoms with van der Waals surface area (Å²) < 4.78 is 0. The minimum atomic E-state index is -0.185. The summed E-state index contributed by atoms with van der Waals surface area (Å²) in [6, 6.07) is 0. The molecule has 0 atom stereocenters. The largest absolute Gasteiger partial charge is 0.273 e. The molecule has 0 fully saturated rings. The molecule has 0 spiro atoms. The molecule has 0 saturated carbocycles. The number of hydrazone groups is 1. The summed E-state index contributed by atoms with van der Waals surface area (Å²) in [5, 5.41) is 3.16. The van der Waals surface area contributed by atoms with Crippen LogP contribution in [0.15, 0.2) is 17.8 Å². The van der Waals surface area contributed by atoms with Crippen LogP contribution in [0.25, 0.3) is 0 Å². The number of amides is 1. The highest BCUT2D eigenvalue weighted by molar-refractivity contribution is 5.77. The van der Waals surface area contributed by atoms with Crippen LogP contribution in [0, 0.1) is 0 Å². The molecular formula is C5H8N2O. The van der Waals surface area contributed by atoms with Crippen LogP contribution in [0.1, 0.15) is 6.42 Å². The van der Waals surface area contributed by atoms with Crippen LogP contribution >= 0.6 is 0 Å². The van der Waals surface area contributed by atoms with Crippen molar-refractivity contribution in [2.45, 2.75) is 6.42 Å². The summed E-state index contributed by atoms with van der Waals surface area (Å²) >= 11 is 0. The lowest BCUT2D eigenvalue weighted by atomic mass is 10.4. The number of hydrogen-bond donors (Lipinski definition) is 1. The van der Waals surface area contributed by atoms with Crippen molar-refractivity contribution >= 4 is 12.6 Å². The molecule has 1 N–H and O–H groups in total. The fourth-order valence-corrected chi connectivity index (χ4v) is 0.265. The summed E-state index contributed by atoms with van der Waals surface area (Å²) in [7, 11) is 0. The van der Waals surface area contributed by atoms with E-state index in [0.717, 1.165) is 0 Å². The number of nitrogens with zero attached hydrogens (tertiary/aromatic N) is 1. The summed E-state index contributed by atoms with van der Waals surface area (Å²) in [6.07, 6.45) is 1.79. The molecule has 0 bridgehead atoms. The van der Waals surface area contributed by atoms with E-state index in [-0.39, 0.29) is 5.91 Å². The van der Waals surface area contributed by atoms with Gasteiger partial charge in [0.1, 0.15) is 0 Å². The molecule has 0 aliphatic rings. The Bertz CT molecular complexity index is 97.0. The van der Waals surface area contributed by atoms with Gasteiger partial charge in [-0.25, -0.2) is 5.43 Å². The van der Waals surface area contributed by atoms with Crippen molar-refractivity contribution < 1.29 is 4.79 Å². The van der Waals surface area contributed by atoms with Crippen molar-refractivity contribution in [2.24, 2.45) is 5.10 Å². The quantitative estimate of drug-likeness (QED) is 0.318. The van der Waals surface area contributed by atoms with Crippen LogP contribution in [0.4, 0.5) is 0 Å². The molecular weight excluding hydrogens is 104 g/mol. The van der Waals surface area contributed by atoms with Gasteiger partial charge in [-0.3, -0.25) is 4.79 Å². The summed E-state index contributed by atoms with van der Waals surface area (Å²) in [5.74, 6) is -0.185. The maximum absolute atomic E-state index is 10.3. The molecule has 3 nitrogen and oxygen atoms in total. The Morgan fingerprint density at radius 1 is 1.88 bits per heavy atom. The zero-order valence-corrected chi connectivity index (χ0v) is 4.55. The normalized spacial score (nSPS) is 7.50. The fourth-order valence-electron chi connectivity index (χ4n) is 0.265. The summed E-state index contributed by atoms with van der Waals surface area (Å²) in [5.41, 5.74) is 2.15. The van der Waals surface area contributed by atoms with Crippen LogP contribution in [0.5, 0.6) is 0 Å². The minimum absolute atomic E-state index is 0.185. The lowest BCUT2D eigenvalue weighted by Crippen LogP contribution is -2.14. The monoisotopic (exact) mass is 112 g/mol. The van der Waals surface area contributed by atoms with Gasteiger partial charge in [0.2, 0.25) is 5.91 Å². The van der Waals surface area contributed by atoms with Gasteiger partial charge in [-0.05, 0) is 0 Å². The molecule has 1 amide bonds. The first-order chi connectivity index (χ1) is 3.81. The van der Waals surface area contributed by atoms with Gasteiger partial charge in [-0.15, -0.1) is 6.58 Å². The third kappa shape index (κ3) is 3.08. The van der Waals surface area contributed by atoms with Crippen molar-refractivity contribution in [3.8, 4) is 0 Å². The van der Waals surface area contributed by atoms with Gasteiger partial charge in [0.25, 0.3) is 0 Å². The van der Waals surface area contributed by atoms with E-state index in [9.17, 15) is 4.79 Å². The van der Waals surface area contributed by atoms with E-state index >= 15 is 0 Å². The Morgan fingerprint density at radius 3 is 2.88 bits per heavy atom. The lowest BCUT2D eigenvalue weighted by Gasteiger charge is -1.89. The van der Waals surface area contributed by atoms with Gasteiger partial charge in [0, 0.05) is 13.1 Å². The van der Waals surface area contributed by atoms with E-state index in [0.29, 0.717) is 6.42 Å². The van der Waals surface area contributed by atoms with Gasteiger partial charge in [-0.2, -0.15) is 5.10 Å². The molecule has 0 heterocycles. The van der Waals surface area contributed by atoms with E-state index in [1.54, 1.807) is 0 Å². The van der Waals surface area contributed by atoms with Crippen LogP contribution < -0.4 is 5.43 Å². The molecule has 0 radical (unpaired) electrons. The highest BCUT2D eigenvalue weighted by atomic mass is 16.2. The maximum Gasteiger partial charge on any atom is 0.243 e. The molecule has 0 aromatic carbocycles. The molecule has 0 unspecified atom stereocenters. The average molecular weight is 112 g/mol. The SMILES string of the molecule is C=CCC(=O)NN=C. The predicted octanol–water partition coefficient (Wildman–Crippen LogP) is 0.294. The molecule has 0 saturated heterocycles. The van der Waals surface area contributed by atoms with Crippen LogP contribution in [-0.2, 0) is 4.79 Å². The zero-order chi connectivity index (χ0) is 6.41. The first-order valence-corrected chi connectivity index (χ1v) is 2.16. The molecule has 0 aromatic heterocycles. The summed E-state index contributed by atoms with van der Waals surface area (Å²) in [4.78, 5) is 10.3. The van der Waals surface area contributed by atoms with Crippen LogP contribution in [0.2, 0.25) is 0 Å². The van der Waals surface area contributed by atoms with Gasteiger partial charge < -0.3 is 0 Å². The zero-order valence-electron chi connectivity index (χ0n) is 4.55. The van der Waals surface area contributed by atoms with Gasteiger partial charge in [0.05, 0.1) is 0 Å². The topological polar surface area (TPSA) is 41.5 Å². The van der Waals surface area contributed by atoms with E-state index in [4.69, 9.17) is 0 Å². The number of rotatable bonds is 3. The standard InChI is InChI=1S/C5H8N2O/c1-3-4-5(8)7-6-2/h3H,1-2,4H2,(H,7,8). The molecule has 44 valence electrons. The first-order valence-electron chi connectivity index (χ1n) is 2.16. The highest BCUT2D eigenvalue weighted by Crippen LogP contribution is 1.76. The van der Waals surface area contributed by atoms with Crippen molar-refractivity contribution in [2.75, 3.05) is 0 Å². The third-order valence-corrected chi connectivity index (χ3v) is 0.533. The highest BCUT2D eigenvalue weighted by Gasteiger charge is 1.90. The number of nitrogens with one attached hydrogen (secondary N) is 1. The van der Waals surface area contributed by atoms with Crippen molar-refractivity contribution in [3.05, 3.63) is 12.7 Å². The average Bonchev–Trinajstić information content (AvgIpc) is 1.68. The van der Waals surface area contributed by atoms with Crippen molar-refractivity contribution in [1.82, 2.24) is 5.43 Å². The second kappa shape index (κ2) is 4.05. The molecule has 8 heavy (non-hydrogen) atoms. The smallest absolute Gasteiger partial charge is 0.243 e. The molecule has 0 rings (SSSR count). The molecule has 0 aliphatic carbocycles. The van der Waals surface area contributed by atoms with E-state index in [1.165, 1.54) is 6.08 Å². The lowest BCUT2D eigenvalue weighted by molar-refractivity contribution is -0.120. The molecule has 0 aliphatic heterocycles. The van der Waals surface area contributed by atoms with E-state index in [1.807, 2.05) is 0 Å². The number of carbonyl (C=O) groups excluding carboxylic acids is 1. The van der Waals surface area contributed by atoms with Crippen molar-refractivity contribution in [1.29, 1.82) is 0 Å². The Balaban J connectivity index is 3.32. The summed E-state index contributed by atoms with van der Waals surface area (Å²) in [6.45, 7) is 6.43. The second-order valence-electron chi connectivity index (χ2n) is 1.19. The van der Waals surface area contributed by atoms with E-state index in [2.05, 4.69) is 23.8 Å². The van der Waals surface area contributed by atoms with Crippen LogP contribution in [0.3, 0.4) is 0 Å². The fraction of sp³-hybridized carbons (Fsp3) is 0.200. The van der Waals surface area contributed by atoms with E-state index < -0.39 is 0 Å². The molecule has 3 heteroatoms. The second-order valence-corrected chi connectivity index (χ2v) is 1.19. The number of carbonyl (C=O) groups is 1. The van der Waals surface area contributed by atoms with Gasteiger partial charge in [0.15, 0.2) is 0 Å². The third-order valence-electron chi connectivity index (χ3n) is 0.533. The van der Waals surface area contributed by atoms with Crippen molar-refractivity contribution in [3.63, 3.8) is 0 Å². The Labute approximate surface area is 48.1 Å². The van der Waals surface area contributed by atoms with Crippen LogP contribution in [-0.4, -0.2) is 12.6 Å². The minimum Gasteiger partial charge on any atom is -0.273 e. The Hall–Kier alpha value is -1.12. The number of hydrogen-bond acceptors (Lipinski definition) is 2. The first kappa shape index (κ1) is 6.88. The van der Waals surface area contributed by atoms with Gasteiger partial charge in [-0.1, -0.05) is 6.08 Å².